The van der Waals surface area contributed by atoms with Gasteiger partial charge in [-0.2, -0.15) is 0 Å². The van der Waals surface area contributed by atoms with E-state index >= 15 is 0 Å². The van der Waals surface area contributed by atoms with Crippen LogP contribution in [0.4, 0.5) is 0 Å². The first-order valence-electron chi connectivity index (χ1n) is 6.78. The van der Waals surface area contributed by atoms with Crippen molar-refractivity contribution in [2.45, 2.75) is 26.2 Å². The number of hydrogen-bond acceptors (Lipinski definition) is 3. The number of allylic oxidation sites excluding steroid dienone is 1. The fourth-order valence-corrected chi connectivity index (χ4v) is 2.26. The number of rotatable bonds is 3. The van der Waals surface area contributed by atoms with E-state index in [1.807, 2.05) is 25.3 Å². The standard InChI is InChI=1S/C16H19NO3/c1-12(11-17-10-4-3-5-15(17)18)13-6-8-14(9-7-13)16(19)20-2/h6-9,11H,3-5,10H2,1-2H3/b12-11+. The molecule has 2 rings (SSSR count). The number of ether oxygens (including phenoxy) is 1. The molecule has 106 valence electrons. The molecule has 1 aromatic carbocycles. The summed E-state index contributed by atoms with van der Waals surface area (Å²) in [7, 11) is 1.36. The van der Waals surface area contributed by atoms with Crippen molar-refractivity contribution in [1.82, 2.24) is 4.90 Å². The van der Waals surface area contributed by atoms with E-state index in [-0.39, 0.29) is 11.9 Å². The number of hydrogen-bond donors (Lipinski definition) is 0. The lowest BCUT2D eigenvalue weighted by Crippen LogP contribution is -2.30. The van der Waals surface area contributed by atoms with Gasteiger partial charge in [0.15, 0.2) is 0 Å². The van der Waals surface area contributed by atoms with Crippen molar-refractivity contribution in [2.24, 2.45) is 0 Å². The number of piperidine rings is 1. The summed E-state index contributed by atoms with van der Waals surface area (Å²) in [6.45, 7) is 2.76. The minimum atomic E-state index is -0.343. The number of methoxy groups -OCH3 is 1. The zero-order chi connectivity index (χ0) is 14.5. The van der Waals surface area contributed by atoms with E-state index in [0.717, 1.165) is 30.5 Å². The monoisotopic (exact) mass is 273 g/mol. The fraction of sp³-hybridized carbons (Fsp3) is 0.375. The van der Waals surface area contributed by atoms with Crippen molar-refractivity contribution >= 4 is 17.4 Å². The third-order valence-corrected chi connectivity index (χ3v) is 3.47. The Morgan fingerprint density at radius 3 is 2.45 bits per heavy atom. The second-order valence-electron chi connectivity index (χ2n) is 4.93. The molecule has 0 atom stereocenters. The zero-order valence-electron chi connectivity index (χ0n) is 11.9. The number of likely N-dealkylation sites (tertiary alicyclic amines) is 1. The average Bonchev–Trinajstić information content (AvgIpc) is 2.49. The third-order valence-electron chi connectivity index (χ3n) is 3.47. The Balaban J connectivity index is 2.14. The fourth-order valence-electron chi connectivity index (χ4n) is 2.26. The predicted octanol–water partition coefficient (Wildman–Crippen LogP) is 2.85. The molecular weight excluding hydrogens is 254 g/mol. The van der Waals surface area contributed by atoms with E-state index < -0.39 is 0 Å². The van der Waals surface area contributed by atoms with Crippen LogP contribution in [0.3, 0.4) is 0 Å². The van der Waals surface area contributed by atoms with Crippen LogP contribution in [-0.2, 0) is 9.53 Å². The van der Waals surface area contributed by atoms with Crippen molar-refractivity contribution in [1.29, 1.82) is 0 Å². The summed E-state index contributed by atoms with van der Waals surface area (Å²) in [6.07, 6.45) is 4.56. The Morgan fingerprint density at radius 1 is 1.20 bits per heavy atom. The van der Waals surface area contributed by atoms with Crippen LogP contribution in [0.5, 0.6) is 0 Å². The van der Waals surface area contributed by atoms with Crippen LogP contribution in [0.2, 0.25) is 0 Å². The highest BCUT2D eigenvalue weighted by atomic mass is 16.5. The highest BCUT2D eigenvalue weighted by molar-refractivity contribution is 5.89. The zero-order valence-corrected chi connectivity index (χ0v) is 11.9. The molecule has 20 heavy (non-hydrogen) atoms. The Labute approximate surface area is 119 Å². The van der Waals surface area contributed by atoms with E-state index in [0.29, 0.717) is 12.0 Å². The van der Waals surface area contributed by atoms with Gasteiger partial charge in [0.2, 0.25) is 5.91 Å². The van der Waals surface area contributed by atoms with E-state index in [1.165, 1.54) is 7.11 Å². The first kappa shape index (κ1) is 14.3. The number of carbonyl (C=O) groups is 2. The summed E-state index contributed by atoms with van der Waals surface area (Å²) in [5, 5.41) is 0. The van der Waals surface area contributed by atoms with Crippen molar-refractivity contribution < 1.29 is 14.3 Å². The smallest absolute Gasteiger partial charge is 0.337 e. The van der Waals surface area contributed by atoms with Gasteiger partial charge in [0.1, 0.15) is 0 Å². The van der Waals surface area contributed by atoms with E-state index in [9.17, 15) is 9.59 Å². The van der Waals surface area contributed by atoms with Gasteiger partial charge >= 0.3 is 5.97 Å². The molecule has 1 saturated heterocycles. The van der Waals surface area contributed by atoms with Gasteiger partial charge in [-0.15, -0.1) is 0 Å². The third kappa shape index (κ3) is 3.26. The second-order valence-corrected chi connectivity index (χ2v) is 4.93. The van der Waals surface area contributed by atoms with Crippen LogP contribution in [0.25, 0.3) is 5.57 Å². The summed E-state index contributed by atoms with van der Waals surface area (Å²) >= 11 is 0. The van der Waals surface area contributed by atoms with Gasteiger partial charge in [-0.3, -0.25) is 4.79 Å². The summed E-state index contributed by atoms with van der Waals surface area (Å²) < 4.78 is 4.67. The van der Waals surface area contributed by atoms with Gasteiger partial charge in [-0.25, -0.2) is 4.79 Å². The lowest BCUT2D eigenvalue weighted by molar-refractivity contribution is -0.130. The Hall–Kier alpha value is -2.10. The maximum absolute atomic E-state index is 11.8. The maximum atomic E-state index is 11.8. The molecule has 1 aliphatic rings. The number of carbonyl (C=O) groups excluding carboxylic acids is 2. The molecule has 1 aliphatic heterocycles. The average molecular weight is 273 g/mol. The molecule has 1 amide bonds. The van der Waals surface area contributed by atoms with Crippen molar-refractivity contribution in [3.05, 3.63) is 41.6 Å². The molecule has 0 unspecified atom stereocenters. The molecule has 0 aliphatic carbocycles. The number of esters is 1. The van der Waals surface area contributed by atoms with E-state index in [1.54, 1.807) is 17.0 Å². The predicted molar refractivity (Wildman–Crippen MR) is 77.0 cm³/mol. The topological polar surface area (TPSA) is 46.6 Å². The molecule has 0 saturated carbocycles. The molecule has 0 aromatic heterocycles. The molecule has 0 bridgehead atoms. The molecule has 1 heterocycles. The number of nitrogens with zero attached hydrogens (tertiary/aromatic N) is 1. The highest BCUT2D eigenvalue weighted by Gasteiger charge is 2.16. The Morgan fingerprint density at radius 2 is 1.85 bits per heavy atom. The first-order valence-corrected chi connectivity index (χ1v) is 6.78. The minimum Gasteiger partial charge on any atom is -0.465 e. The lowest BCUT2D eigenvalue weighted by atomic mass is 10.1. The normalized spacial score (nSPS) is 16.2. The number of benzene rings is 1. The minimum absolute atomic E-state index is 0.182. The van der Waals surface area contributed by atoms with E-state index in [4.69, 9.17) is 0 Å². The van der Waals surface area contributed by atoms with Crippen LogP contribution in [0, 0.1) is 0 Å². The van der Waals surface area contributed by atoms with Crippen molar-refractivity contribution in [2.75, 3.05) is 13.7 Å². The summed E-state index contributed by atoms with van der Waals surface area (Å²) in [4.78, 5) is 24.9. The summed E-state index contributed by atoms with van der Waals surface area (Å²) in [5.41, 5.74) is 2.53. The van der Waals surface area contributed by atoms with Crippen molar-refractivity contribution in [3.8, 4) is 0 Å². The van der Waals surface area contributed by atoms with Gasteiger partial charge < -0.3 is 9.64 Å². The number of amides is 1. The molecule has 4 heteroatoms. The largest absolute Gasteiger partial charge is 0.465 e. The summed E-state index contributed by atoms with van der Waals surface area (Å²) in [5.74, 6) is -0.161. The van der Waals surface area contributed by atoms with Crippen LogP contribution >= 0.6 is 0 Å². The van der Waals surface area contributed by atoms with Crippen LogP contribution in [0.1, 0.15) is 42.1 Å². The molecule has 0 spiro atoms. The Bertz CT molecular complexity index is 531. The van der Waals surface area contributed by atoms with Crippen LogP contribution in [-0.4, -0.2) is 30.4 Å². The van der Waals surface area contributed by atoms with Gasteiger partial charge in [0.05, 0.1) is 12.7 Å². The van der Waals surface area contributed by atoms with Crippen LogP contribution in [0.15, 0.2) is 30.5 Å². The molecule has 1 aromatic rings. The second kappa shape index (κ2) is 6.37. The molecular formula is C16H19NO3. The first-order chi connectivity index (χ1) is 9.61. The molecule has 4 nitrogen and oxygen atoms in total. The van der Waals surface area contributed by atoms with Gasteiger partial charge in [0.25, 0.3) is 0 Å². The maximum Gasteiger partial charge on any atom is 0.337 e. The molecule has 0 N–H and O–H groups in total. The van der Waals surface area contributed by atoms with Crippen molar-refractivity contribution in [3.63, 3.8) is 0 Å². The Kier molecular flexibility index (Phi) is 4.56. The van der Waals surface area contributed by atoms with Gasteiger partial charge in [-0.1, -0.05) is 12.1 Å². The lowest BCUT2D eigenvalue weighted by Gasteiger charge is -2.24. The molecule has 0 radical (unpaired) electrons. The highest BCUT2D eigenvalue weighted by Crippen LogP contribution is 2.18. The van der Waals surface area contributed by atoms with Crippen LogP contribution < -0.4 is 0 Å². The summed E-state index contributed by atoms with van der Waals surface area (Å²) in [6, 6.07) is 7.20. The molecule has 1 fully saturated rings. The SMILES string of the molecule is COC(=O)c1ccc(/C(C)=C/N2CCCCC2=O)cc1. The van der Waals surface area contributed by atoms with E-state index in [2.05, 4.69) is 4.74 Å². The van der Waals surface area contributed by atoms with Gasteiger partial charge in [-0.05, 0) is 43.0 Å². The van der Waals surface area contributed by atoms with Gasteiger partial charge in [0, 0.05) is 19.2 Å². The quantitative estimate of drug-likeness (QED) is 0.796.